The number of carboxylic acids is 1. The molecule has 0 bridgehead atoms. The Balaban J connectivity index is -0.000000191. The van der Waals surface area contributed by atoms with Crippen LogP contribution in [0.3, 0.4) is 0 Å². The Kier molecular flexibility index (Phi) is 53.2. The maximum Gasteiger partial charge on any atom is 0.347 e. The molecule has 1 aliphatic rings. The summed E-state index contributed by atoms with van der Waals surface area (Å²) in [6.07, 6.45) is -9.64. The highest BCUT2D eigenvalue weighted by Crippen LogP contribution is 2.14. The summed E-state index contributed by atoms with van der Waals surface area (Å²) in [5, 5.41) is 81.4. The van der Waals surface area contributed by atoms with Gasteiger partial charge < -0.3 is 89.0 Å². The molecule has 1 fully saturated rings. The highest BCUT2D eigenvalue weighted by Gasteiger charge is 2.32. The first-order valence-electron chi connectivity index (χ1n) is 22.0. The predicted octanol–water partition coefficient (Wildman–Crippen LogP) is -0.168. The summed E-state index contributed by atoms with van der Waals surface area (Å²) in [5.74, 6) is -6.44. The number of hydrogen-bond donors (Lipinski definition) is 10. The van der Waals surface area contributed by atoms with Crippen LogP contribution in [0, 0.1) is 0 Å². The van der Waals surface area contributed by atoms with Crippen LogP contribution >= 0.6 is 0 Å². The van der Waals surface area contributed by atoms with E-state index in [-0.39, 0.29) is 0 Å². The van der Waals surface area contributed by atoms with Crippen molar-refractivity contribution in [1.82, 2.24) is 0 Å². The van der Waals surface area contributed by atoms with Crippen LogP contribution in [-0.4, -0.2) is 198 Å². The molecule has 27 heteroatoms. The molecule has 10 N–H and O–H groups in total. The minimum atomic E-state index is -1.41. The second kappa shape index (κ2) is 50.7. The van der Waals surface area contributed by atoms with Crippen LogP contribution in [0.2, 0.25) is 0 Å². The summed E-state index contributed by atoms with van der Waals surface area (Å²) >= 11 is 0. The smallest absolute Gasteiger partial charge is 0.347 e. The number of carbonyl (C=O) groups excluding carboxylic acids is 8. The lowest BCUT2D eigenvalue weighted by Gasteiger charge is -2.22. The van der Waals surface area contributed by atoms with Crippen LogP contribution in [0.4, 0.5) is 0 Å². The Bertz CT molecular complexity index is 1920. The maximum absolute atomic E-state index is 10.8. The van der Waals surface area contributed by atoms with E-state index in [4.69, 9.17) is 40.9 Å². The van der Waals surface area contributed by atoms with Crippen LogP contribution in [0.25, 0.3) is 0 Å². The minimum absolute atomic E-state index is 0.403. The highest BCUT2D eigenvalue weighted by molar-refractivity contribution is 5.87. The van der Waals surface area contributed by atoms with Crippen molar-refractivity contribution in [3.8, 4) is 0 Å². The third-order valence-corrected chi connectivity index (χ3v) is 8.01. The SMILES string of the molecule is CO.CO.CO.CO.COC(=O)[C@@H](O)c1ccccc1.COC(=O)[C@H](C)OC(=O)[C@H](C)O.COC(=O)[C@H](C)OC(=O)[C@H](C)O.COC(=O)[C@H](O)c1ccccc1.C[C@@H]1OC(=O)[C@H](C)OC1=O.O=C(O)[C@H](O)c1ccccc1. The molecule has 4 rings (SSSR count). The van der Waals surface area contributed by atoms with Crippen molar-refractivity contribution in [3.63, 3.8) is 0 Å². The van der Waals surface area contributed by atoms with E-state index in [0.717, 1.165) is 28.4 Å². The second-order valence-corrected chi connectivity index (χ2v) is 13.5. The van der Waals surface area contributed by atoms with Crippen molar-refractivity contribution in [2.45, 2.75) is 96.5 Å². The average Bonchev–Trinajstić information content (AvgIpc) is 3.46. The molecule has 1 heterocycles. The molecule has 9 atom stereocenters. The molecule has 0 aromatic heterocycles. The van der Waals surface area contributed by atoms with E-state index >= 15 is 0 Å². The number of methoxy groups -OCH3 is 4. The molecule has 0 spiro atoms. The molecule has 3 aromatic rings. The number of aliphatic carboxylic acids is 1. The standard InChI is InChI=1S/2C9H10O3.C8H8O3.2C7H12O5.C6H8O4.4CH4O/c2*1-12-9(11)8(10)7-5-3-2-4-6-7;9-7(8(10)11)6-4-2-1-3-5-6;2*1-4(8)6(9)12-5(2)7(10)11-3;1-3-5(7)10-4(2)6(8)9-3;4*1-2/h2*2-6,8,10H,1H3;1-5,7,9H,(H,10,11);2*4-5,8H,1-3H3;3-4H,1-2H3;4*2H,1H3/t2*8-;7-;2*4-,5-;3-,4-;;;;/m101000..../s1. The molecule has 0 aliphatic carbocycles. The van der Waals surface area contributed by atoms with Crippen molar-refractivity contribution >= 4 is 53.7 Å². The first kappa shape index (κ1) is 80.9. The molecular formula is C50H76O27. The lowest BCUT2D eigenvalue weighted by atomic mass is 10.1. The summed E-state index contributed by atoms with van der Waals surface area (Å²) in [5.41, 5.74) is 1.49. The van der Waals surface area contributed by atoms with Gasteiger partial charge in [-0.3, -0.25) is 0 Å². The summed E-state index contributed by atoms with van der Waals surface area (Å²) in [6.45, 7) is 8.20. The lowest BCUT2D eigenvalue weighted by Crippen LogP contribution is -2.40. The van der Waals surface area contributed by atoms with E-state index < -0.39 is 109 Å². The molecule has 77 heavy (non-hydrogen) atoms. The van der Waals surface area contributed by atoms with Crippen LogP contribution in [0.1, 0.15) is 76.5 Å². The predicted molar refractivity (Wildman–Crippen MR) is 268 cm³/mol. The molecule has 0 saturated carbocycles. The van der Waals surface area contributed by atoms with Gasteiger partial charge in [0.25, 0.3) is 0 Å². The average molecular weight is 1110 g/mol. The molecule has 0 amide bonds. The number of hydrogen-bond acceptors (Lipinski definition) is 26. The van der Waals surface area contributed by atoms with Crippen LogP contribution in [-0.2, 0) is 81.0 Å². The van der Waals surface area contributed by atoms with Gasteiger partial charge in [0.05, 0.1) is 28.4 Å². The van der Waals surface area contributed by atoms with Gasteiger partial charge in [-0.15, -0.1) is 0 Å². The first-order chi connectivity index (χ1) is 36.3. The third kappa shape index (κ3) is 38.7. The normalized spacial score (nSPS) is 14.7. The molecule has 438 valence electrons. The van der Waals surface area contributed by atoms with Gasteiger partial charge in [-0.2, -0.15) is 0 Å². The van der Waals surface area contributed by atoms with Gasteiger partial charge in [-0.25, -0.2) is 43.2 Å². The number of esters is 8. The third-order valence-electron chi connectivity index (χ3n) is 8.01. The van der Waals surface area contributed by atoms with Crippen molar-refractivity contribution in [1.29, 1.82) is 0 Å². The number of cyclic esters (lactones) is 2. The van der Waals surface area contributed by atoms with E-state index in [9.17, 15) is 53.4 Å². The number of carboxylic acid groups (broad SMARTS) is 1. The minimum Gasteiger partial charge on any atom is -0.479 e. The quantitative estimate of drug-likeness (QED) is 0.0831. The first-order valence-corrected chi connectivity index (χ1v) is 22.0. The fraction of sp³-hybridized carbons (Fsp3) is 0.460. The number of aliphatic hydroxyl groups excluding tert-OH is 9. The number of carbonyl (C=O) groups is 9. The summed E-state index contributed by atoms with van der Waals surface area (Å²) in [6, 6.07) is 25.6. The Morgan fingerprint density at radius 3 is 0.818 bits per heavy atom. The van der Waals surface area contributed by atoms with Gasteiger partial charge in [0, 0.05) is 28.4 Å². The number of ether oxygens (including phenoxy) is 8. The van der Waals surface area contributed by atoms with Gasteiger partial charge in [0.2, 0.25) is 0 Å². The maximum atomic E-state index is 10.8. The van der Waals surface area contributed by atoms with Crippen molar-refractivity contribution in [3.05, 3.63) is 108 Å². The Hall–Kier alpha value is -7.47. The monoisotopic (exact) mass is 1110 g/mol. The lowest BCUT2D eigenvalue weighted by molar-refractivity contribution is -0.191. The van der Waals surface area contributed by atoms with Gasteiger partial charge in [0.1, 0.15) is 12.2 Å². The Morgan fingerprint density at radius 1 is 0.403 bits per heavy atom. The van der Waals surface area contributed by atoms with Crippen LogP contribution < -0.4 is 0 Å². The van der Waals surface area contributed by atoms with Crippen molar-refractivity contribution in [2.24, 2.45) is 0 Å². The topological polar surface area (TPSA) is 430 Å². The molecule has 27 nitrogen and oxygen atoms in total. The van der Waals surface area contributed by atoms with E-state index in [1.165, 1.54) is 70.0 Å². The second-order valence-electron chi connectivity index (χ2n) is 13.5. The summed E-state index contributed by atoms with van der Waals surface area (Å²) < 4.78 is 35.5. The number of aliphatic hydroxyl groups is 9. The molecule has 0 radical (unpaired) electrons. The molecule has 1 aliphatic heterocycles. The summed E-state index contributed by atoms with van der Waals surface area (Å²) in [7, 11) is 8.87. The molecule has 0 unspecified atom stereocenters. The van der Waals surface area contributed by atoms with Gasteiger partial charge in [0.15, 0.2) is 42.7 Å². The Morgan fingerprint density at radius 2 is 0.623 bits per heavy atom. The van der Waals surface area contributed by atoms with E-state index in [1.54, 1.807) is 78.9 Å². The van der Waals surface area contributed by atoms with Crippen LogP contribution in [0.5, 0.6) is 0 Å². The fourth-order valence-electron chi connectivity index (χ4n) is 4.15. The van der Waals surface area contributed by atoms with E-state index in [2.05, 4.69) is 37.9 Å². The van der Waals surface area contributed by atoms with Gasteiger partial charge in [-0.1, -0.05) is 91.0 Å². The number of benzene rings is 3. The molecule has 1 saturated heterocycles. The van der Waals surface area contributed by atoms with Crippen LogP contribution in [0.15, 0.2) is 91.0 Å². The largest absolute Gasteiger partial charge is 0.479 e. The fourth-order valence-corrected chi connectivity index (χ4v) is 4.15. The van der Waals surface area contributed by atoms with E-state index in [0.29, 0.717) is 16.7 Å². The molecular weight excluding hydrogens is 1030 g/mol. The van der Waals surface area contributed by atoms with Crippen molar-refractivity contribution in [2.75, 3.05) is 56.9 Å². The van der Waals surface area contributed by atoms with Gasteiger partial charge in [-0.05, 0) is 58.2 Å². The Labute approximate surface area is 446 Å². The van der Waals surface area contributed by atoms with E-state index in [1.807, 2.05) is 12.1 Å². The van der Waals surface area contributed by atoms with Crippen molar-refractivity contribution < 1.29 is 132 Å². The zero-order valence-corrected chi connectivity index (χ0v) is 45.3. The zero-order valence-electron chi connectivity index (χ0n) is 45.3. The molecule has 3 aromatic carbocycles. The summed E-state index contributed by atoms with van der Waals surface area (Å²) in [4.78, 5) is 96.0. The van der Waals surface area contributed by atoms with Gasteiger partial charge >= 0.3 is 53.7 Å². The zero-order chi connectivity index (χ0) is 61.4. The number of rotatable bonds is 12. The highest BCUT2D eigenvalue weighted by atomic mass is 16.6.